The van der Waals surface area contributed by atoms with E-state index in [-0.39, 0.29) is 18.1 Å². The maximum atomic E-state index is 12.6. The number of aryl methyl sites for hydroxylation is 2. The molecule has 0 saturated carbocycles. The smallest absolute Gasteiger partial charge is 0.223 e. The number of amides is 1. The number of thiazole rings is 1. The van der Waals surface area contributed by atoms with Crippen LogP contribution in [0.5, 0.6) is 0 Å². The first-order valence-electron chi connectivity index (χ1n) is 10.6. The van der Waals surface area contributed by atoms with E-state index in [9.17, 15) is 9.59 Å². The minimum Gasteiger partial charge on any atom is -0.331 e. The fraction of sp³-hybridized carbons (Fsp3) is 0.375. The number of quaternary nitrogens is 1. The second kappa shape index (κ2) is 9.06. The number of carbonyl (C=O) groups is 2. The Kier molecular flexibility index (Phi) is 6.25. The van der Waals surface area contributed by atoms with Crippen LogP contribution in [-0.4, -0.2) is 47.8 Å². The summed E-state index contributed by atoms with van der Waals surface area (Å²) in [7, 11) is 0. The van der Waals surface area contributed by atoms with E-state index in [1.54, 1.807) is 11.3 Å². The lowest BCUT2D eigenvalue weighted by Crippen LogP contribution is -3.13. The number of hydrogen-bond acceptors (Lipinski definition) is 4. The Morgan fingerprint density at radius 3 is 2.53 bits per heavy atom. The van der Waals surface area contributed by atoms with Gasteiger partial charge in [0, 0.05) is 18.4 Å². The molecule has 0 spiro atoms. The van der Waals surface area contributed by atoms with E-state index < -0.39 is 0 Å². The standard InChI is InChI=1S/C24H27N3O2S/c1-17-7-8-19(15-18(17)2)21(28)9-10-24(29)27-13-11-26(12-14-27)16-23-25-20-5-3-4-6-22(20)30-23/h3-8,15H,9-14,16H2,1-2H3/p+1. The monoisotopic (exact) mass is 422 g/mol. The zero-order valence-electron chi connectivity index (χ0n) is 17.6. The summed E-state index contributed by atoms with van der Waals surface area (Å²) in [5, 5.41) is 1.16. The molecule has 0 aliphatic carbocycles. The zero-order chi connectivity index (χ0) is 21.1. The molecule has 0 bridgehead atoms. The Labute approximate surface area is 181 Å². The molecule has 1 saturated heterocycles. The van der Waals surface area contributed by atoms with Gasteiger partial charge >= 0.3 is 0 Å². The fourth-order valence-electron chi connectivity index (χ4n) is 3.90. The summed E-state index contributed by atoms with van der Waals surface area (Å²) < 4.78 is 1.23. The molecule has 5 nitrogen and oxygen atoms in total. The minimum absolute atomic E-state index is 0.0477. The number of aromatic nitrogens is 1. The first-order valence-corrected chi connectivity index (χ1v) is 11.4. The molecule has 0 atom stereocenters. The quantitative estimate of drug-likeness (QED) is 0.622. The van der Waals surface area contributed by atoms with Crippen molar-refractivity contribution in [2.24, 2.45) is 0 Å². The molecule has 2 heterocycles. The Morgan fingerprint density at radius 1 is 1.03 bits per heavy atom. The average Bonchev–Trinajstić information content (AvgIpc) is 3.16. The molecule has 1 aromatic heterocycles. The van der Waals surface area contributed by atoms with Gasteiger partial charge in [0.05, 0.1) is 36.4 Å². The molecule has 1 N–H and O–H groups in total. The SMILES string of the molecule is Cc1ccc(C(=O)CCC(=O)N2CC[NH+](Cc3nc4ccccc4s3)CC2)cc1C. The molecular formula is C24H28N3O2S+. The van der Waals surface area contributed by atoms with Crippen LogP contribution in [0.4, 0.5) is 0 Å². The molecule has 2 aromatic carbocycles. The van der Waals surface area contributed by atoms with Crippen LogP contribution in [0.2, 0.25) is 0 Å². The predicted octanol–water partition coefficient (Wildman–Crippen LogP) is 2.80. The number of rotatable bonds is 6. The lowest BCUT2D eigenvalue weighted by atomic mass is 10.0. The summed E-state index contributed by atoms with van der Waals surface area (Å²) in [4.78, 5) is 33.1. The molecule has 0 radical (unpaired) electrons. The number of Topliss-reactive ketones (excluding diaryl/α,β-unsaturated/α-hetero) is 1. The van der Waals surface area contributed by atoms with Crippen molar-refractivity contribution in [3.8, 4) is 0 Å². The van der Waals surface area contributed by atoms with Crippen LogP contribution in [0.1, 0.15) is 39.3 Å². The largest absolute Gasteiger partial charge is 0.331 e. The topological polar surface area (TPSA) is 54.7 Å². The lowest BCUT2D eigenvalue weighted by Gasteiger charge is -2.31. The van der Waals surface area contributed by atoms with Gasteiger partial charge < -0.3 is 9.80 Å². The third kappa shape index (κ3) is 4.77. The second-order valence-electron chi connectivity index (χ2n) is 8.11. The van der Waals surface area contributed by atoms with Crippen LogP contribution in [0.25, 0.3) is 10.2 Å². The molecule has 4 rings (SSSR count). The minimum atomic E-state index is 0.0477. The lowest BCUT2D eigenvalue weighted by molar-refractivity contribution is -0.917. The first-order chi connectivity index (χ1) is 14.5. The fourth-order valence-corrected chi connectivity index (χ4v) is 4.94. The molecule has 1 fully saturated rings. The van der Waals surface area contributed by atoms with E-state index in [0.717, 1.165) is 48.8 Å². The number of benzene rings is 2. The van der Waals surface area contributed by atoms with Gasteiger partial charge in [0.2, 0.25) is 5.91 Å². The van der Waals surface area contributed by atoms with Crippen molar-refractivity contribution in [1.29, 1.82) is 0 Å². The van der Waals surface area contributed by atoms with Crippen LogP contribution in [0.3, 0.4) is 0 Å². The van der Waals surface area contributed by atoms with Gasteiger partial charge in [-0.15, -0.1) is 11.3 Å². The van der Waals surface area contributed by atoms with Gasteiger partial charge in [-0.05, 0) is 43.2 Å². The van der Waals surface area contributed by atoms with Gasteiger partial charge in [-0.25, -0.2) is 4.98 Å². The van der Waals surface area contributed by atoms with Gasteiger partial charge in [-0.3, -0.25) is 9.59 Å². The number of para-hydroxylation sites is 1. The summed E-state index contributed by atoms with van der Waals surface area (Å²) >= 11 is 1.76. The molecule has 30 heavy (non-hydrogen) atoms. The predicted molar refractivity (Wildman–Crippen MR) is 120 cm³/mol. The number of fused-ring (bicyclic) bond motifs is 1. The van der Waals surface area contributed by atoms with Crippen molar-refractivity contribution >= 4 is 33.2 Å². The molecule has 1 amide bonds. The van der Waals surface area contributed by atoms with Crippen molar-refractivity contribution in [2.45, 2.75) is 33.2 Å². The van der Waals surface area contributed by atoms with Gasteiger partial charge in [-0.1, -0.05) is 24.3 Å². The Morgan fingerprint density at radius 2 is 1.80 bits per heavy atom. The molecule has 156 valence electrons. The summed E-state index contributed by atoms with van der Waals surface area (Å²) in [6, 6.07) is 14.0. The van der Waals surface area contributed by atoms with E-state index in [1.807, 2.05) is 49.1 Å². The summed E-state index contributed by atoms with van der Waals surface area (Å²) in [6.45, 7) is 8.29. The Hall–Kier alpha value is -2.57. The van der Waals surface area contributed by atoms with Crippen molar-refractivity contribution in [1.82, 2.24) is 9.88 Å². The van der Waals surface area contributed by atoms with Crippen LogP contribution in [0.15, 0.2) is 42.5 Å². The number of piperazine rings is 1. The van der Waals surface area contributed by atoms with Crippen LogP contribution in [-0.2, 0) is 11.3 Å². The van der Waals surface area contributed by atoms with E-state index in [4.69, 9.17) is 4.98 Å². The molecular weight excluding hydrogens is 394 g/mol. The van der Waals surface area contributed by atoms with Crippen molar-refractivity contribution in [2.75, 3.05) is 26.2 Å². The van der Waals surface area contributed by atoms with E-state index >= 15 is 0 Å². The van der Waals surface area contributed by atoms with E-state index in [1.165, 1.54) is 15.2 Å². The molecule has 1 aliphatic heterocycles. The number of hydrogen-bond donors (Lipinski definition) is 1. The molecule has 3 aromatic rings. The maximum Gasteiger partial charge on any atom is 0.223 e. The van der Waals surface area contributed by atoms with Gasteiger partial charge in [0.25, 0.3) is 0 Å². The van der Waals surface area contributed by atoms with E-state index in [2.05, 4.69) is 12.1 Å². The van der Waals surface area contributed by atoms with Crippen LogP contribution < -0.4 is 4.90 Å². The number of nitrogens with zero attached hydrogens (tertiary/aromatic N) is 2. The first kappa shape index (κ1) is 20.7. The summed E-state index contributed by atoms with van der Waals surface area (Å²) in [6.07, 6.45) is 0.569. The van der Waals surface area contributed by atoms with Gasteiger partial charge in [0.15, 0.2) is 5.78 Å². The summed E-state index contributed by atoms with van der Waals surface area (Å²) in [5.74, 6) is 0.137. The number of ketones is 1. The second-order valence-corrected chi connectivity index (χ2v) is 9.22. The summed E-state index contributed by atoms with van der Waals surface area (Å²) in [5.41, 5.74) is 4.06. The van der Waals surface area contributed by atoms with Gasteiger partial charge in [-0.2, -0.15) is 0 Å². The van der Waals surface area contributed by atoms with Crippen molar-refractivity contribution in [3.63, 3.8) is 0 Å². The third-order valence-corrected chi connectivity index (χ3v) is 6.99. The number of nitrogens with one attached hydrogen (secondary N) is 1. The van der Waals surface area contributed by atoms with Crippen LogP contribution in [0, 0.1) is 13.8 Å². The van der Waals surface area contributed by atoms with E-state index in [0.29, 0.717) is 12.0 Å². The third-order valence-electron chi connectivity index (χ3n) is 5.96. The zero-order valence-corrected chi connectivity index (χ0v) is 18.4. The maximum absolute atomic E-state index is 12.6. The van der Waals surface area contributed by atoms with Gasteiger partial charge in [0.1, 0.15) is 11.6 Å². The Bertz CT molecular complexity index is 1030. The molecule has 1 aliphatic rings. The Balaban J connectivity index is 1.24. The van der Waals surface area contributed by atoms with Crippen LogP contribution >= 0.6 is 11.3 Å². The highest BCUT2D eigenvalue weighted by atomic mass is 32.1. The highest BCUT2D eigenvalue weighted by Gasteiger charge is 2.25. The molecule has 0 unspecified atom stereocenters. The highest BCUT2D eigenvalue weighted by Crippen LogP contribution is 2.20. The van der Waals surface area contributed by atoms with Crippen molar-refractivity contribution < 1.29 is 14.5 Å². The average molecular weight is 423 g/mol. The highest BCUT2D eigenvalue weighted by molar-refractivity contribution is 7.18. The molecule has 6 heteroatoms. The normalized spacial score (nSPS) is 14.9. The van der Waals surface area contributed by atoms with Crippen molar-refractivity contribution in [3.05, 3.63) is 64.2 Å². The number of carbonyl (C=O) groups excluding carboxylic acids is 2.